The average molecular weight is 426 g/mol. The third-order valence-electron chi connectivity index (χ3n) is 4.38. The molecule has 0 unspecified atom stereocenters. The number of hydrogen-bond acceptors (Lipinski definition) is 3. The average Bonchev–Trinajstić information content (AvgIpc) is 2.75. The molecule has 0 aliphatic carbocycles. The third-order valence-corrected chi connectivity index (χ3v) is 4.66. The zero-order chi connectivity index (χ0) is 21.5. The highest BCUT2D eigenvalue weighted by Crippen LogP contribution is 2.19. The van der Waals surface area contributed by atoms with E-state index in [1.54, 1.807) is 36.2 Å². The normalized spacial score (nSPS) is 10.4. The van der Waals surface area contributed by atoms with E-state index >= 15 is 0 Å². The second kappa shape index (κ2) is 9.89. The van der Waals surface area contributed by atoms with Gasteiger partial charge in [0.05, 0.1) is 11.6 Å². The highest BCUT2D eigenvalue weighted by Gasteiger charge is 2.13. The zero-order valence-corrected chi connectivity index (χ0v) is 17.1. The van der Waals surface area contributed by atoms with Crippen LogP contribution >= 0.6 is 11.6 Å². The number of carbonyl (C=O) groups excluding carboxylic acids is 2. The predicted octanol–water partition coefficient (Wildman–Crippen LogP) is 4.80. The molecule has 2 N–H and O–H groups in total. The molecule has 0 radical (unpaired) electrons. The van der Waals surface area contributed by atoms with Crippen LogP contribution in [-0.2, 0) is 11.3 Å². The fraction of sp³-hybridized carbons (Fsp3) is 0.130. The molecule has 2 amide bonds. The van der Waals surface area contributed by atoms with E-state index in [-0.39, 0.29) is 23.4 Å². The molecule has 0 bridgehead atoms. The number of carbonyl (C=O) groups is 2. The number of nitrogens with zero attached hydrogens (tertiary/aromatic N) is 1. The van der Waals surface area contributed by atoms with Gasteiger partial charge in [-0.3, -0.25) is 9.59 Å². The summed E-state index contributed by atoms with van der Waals surface area (Å²) in [5, 5.41) is 5.56. The summed E-state index contributed by atoms with van der Waals surface area (Å²) in [6.07, 6.45) is 0. The van der Waals surface area contributed by atoms with Crippen molar-refractivity contribution in [2.24, 2.45) is 0 Å². The molecule has 0 aliphatic heterocycles. The third kappa shape index (κ3) is 5.81. The Labute approximate surface area is 179 Å². The van der Waals surface area contributed by atoms with E-state index in [1.165, 1.54) is 18.2 Å². The van der Waals surface area contributed by atoms with Gasteiger partial charge in [-0.25, -0.2) is 4.39 Å². The molecule has 30 heavy (non-hydrogen) atoms. The molecule has 0 heterocycles. The molecular weight excluding hydrogens is 405 g/mol. The Hall–Kier alpha value is -3.38. The molecule has 7 heteroatoms. The molecule has 0 aliphatic rings. The molecule has 3 rings (SSSR count). The number of nitrogens with one attached hydrogen (secondary N) is 2. The number of hydrogen-bond donors (Lipinski definition) is 2. The summed E-state index contributed by atoms with van der Waals surface area (Å²) in [6.45, 7) is 0.479. The van der Waals surface area contributed by atoms with E-state index < -0.39 is 5.82 Å². The number of amides is 2. The molecule has 0 aromatic heterocycles. The number of halogens is 2. The number of anilines is 2. The fourth-order valence-electron chi connectivity index (χ4n) is 2.87. The Morgan fingerprint density at radius 2 is 1.73 bits per heavy atom. The van der Waals surface area contributed by atoms with Gasteiger partial charge in [0, 0.05) is 30.5 Å². The van der Waals surface area contributed by atoms with Crippen LogP contribution in [0.5, 0.6) is 0 Å². The van der Waals surface area contributed by atoms with Crippen LogP contribution in [0.2, 0.25) is 5.02 Å². The van der Waals surface area contributed by atoms with Gasteiger partial charge in [-0.2, -0.15) is 0 Å². The molecule has 0 saturated carbocycles. The molecule has 0 saturated heterocycles. The molecule has 0 atom stereocenters. The maximum Gasteiger partial charge on any atom is 0.253 e. The first-order valence-electron chi connectivity index (χ1n) is 9.30. The van der Waals surface area contributed by atoms with Crippen LogP contribution in [-0.4, -0.2) is 30.3 Å². The van der Waals surface area contributed by atoms with Crippen molar-refractivity contribution < 1.29 is 14.0 Å². The first-order chi connectivity index (χ1) is 14.4. The van der Waals surface area contributed by atoms with Crippen LogP contribution in [0.4, 0.5) is 15.8 Å². The van der Waals surface area contributed by atoms with Crippen molar-refractivity contribution in [2.45, 2.75) is 6.54 Å². The van der Waals surface area contributed by atoms with Crippen molar-refractivity contribution in [3.05, 3.63) is 94.8 Å². The lowest BCUT2D eigenvalue weighted by Crippen LogP contribution is -2.26. The van der Waals surface area contributed by atoms with E-state index in [0.29, 0.717) is 23.5 Å². The summed E-state index contributed by atoms with van der Waals surface area (Å²) in [7, 11) is 1.75. The van der Waals surface area contributed by atoms with Gasteiger partial charge >= 0.3 is 0 Å². The molecule has 3 aromatic rings. The minimum atomic E-state index is -0.550. The fourth-order valence-corrected chi connectivity index (χ4v) is 3.05. The highest BCUT2D eigenvalue weighted by atomic mass is 35.5. The minimum Gasteiger partial charge on any atom is -0.376 e. The Balaban J connectivity index is 1.57. The maximum absolute atomic E-state index is 13.2. The van der Waals surface area contributed by atoms with Crippen molar-refractivity contribution in [2.75, 3.05) is 24.2 Å². The van der Waals surface area contributed by atoms with E-state index in [9.17, 15) is 14.0 Å². The lowest BCUT2D eigenvalue weighted by molar-refractivity contribution is -0.114. The van der Waals surface area contributed by atoms with Gasteiger partial charge in [-0.15, -0.1) is 0 Å². The van der Waals surface area contributed by atoms with E-state index in [4.69, 9.17) is 11.6 Å². The first kappa shape index (κ1) is 21.3. The summed E-state index contributed by atoms with van der Waals surface area (Å²) < 4.78 is 13.2. The lowest BCUT2D eigenvalue weighted by atomic mass is 10.1. The van der Waals surface area contributed by atoms with Crippen LogP contribution < -0.4 is 10.6 Å². The van der Waals surface area contributed by atoms with Gasteiger partial charge in [0.15, 0.2) is 0 Å². The zero-order valence-electron chi connectivity index (χ0n) is 16.4. The van der Waals surface area contributed by atoms with E-state index in [0.717, 1.165) is 5.56 Å². The molecule has 0 fully saturated rings. The lowest BCUT2D eigenvalue weighted by Gasteiger charge is -2.18. The Bertz CT molecular complexity index is 1040. The quantitative estimate of drug-likeness (QED) is 0.571. The van der Waals surface area contributed by atoms with E-state index in [1.807, 2.05) is 30.3 Å². The smallest absolute Gasteiger partial charge is 0.253 e. The van der Waals surface area contributed by atoms with Crippen molar-refractivity contribution in [1.29, 1.82) is 0 Å². The summed E-state index contributed by atoms with van der Waals surface area (Å²) >= 11 is 5.72. The van der Waals surface area contributed by atoms with Crippen molar-refractivity contribution in [3.63, 3.8) is 0 Å². The first-order valence-corrected chi connectivity index (χ1v) is 9.68. The summed E-state index contributed by atoms with van der Waals surface area (Å²) in [5.41, 5.74) is 2.60. The standard InChI is InChI=1S/C23H21ClFN3O2/c1-28(15-16-6-3-2-4-7-16)23(30)17-8-5-9-18(12-17)26-14-22(29)27-19-10-11-21(25)20(24)13-19/h2-13,26H,14-15H2,1H3,(H,27,29). The largest absolute Gasteiger partial charge is 0.376 e. The van der Waals surface area contributed by atoms with Gasteiger partial charge in [0.2, 0.25) is 5.91 Å². The van der Waals surface area contributed by atoms with Crippen LogP contribution in [0.15, 0.2) is 72.8 Å². The number of rotatable bonds is 7. The van der Waals surface area contributed by atoms with Crippen molar-refractivity contribution >= 4 is 34.8 Å². The van der Waals surface area contributed by atoms with Gasteiger partial charge in [-0.05, 0) is 42.0 Å². The minimum absolute atomic E-state index is 0.0213. The number of benzene rings is 3. The second-order valence-electron chi connectivity index (χ2n) is 6.76. The van der Waals surface area contributed by atoms with Gasteiger partial charge < -0.3 is 15.5 Å². The van der Waals surface area contributed by atoms with Gasteiger partial charge in [0.25, 0.3) is 5.91 Å². The summed E-state index contributed by atoms with van der Waals surface area (Å²) in [5.74, 6) is -0.991. The molecule has 154 valence electrons. The van der Waals surface area contributed by atoms with Crippen molar-refractivity contribution in [3.8, 4) is 0 Å². The second-order valence-corrected chi connectivity index (χ2v) is 7.17. The van der Waals surface area contributed by atoms with Gasteiger partial charge in [-0.1, -0.05) is 48.0 Å². The van der Waals surface area contributed by atoms with Gasteiger partial charge in [0.1, 0.15) is 5.82 Å². The van der Waals surface area contributed by atoms with E-state index in [2.05, 4.69) is 10.6 Å². The Morgan fingerprint density at radius 3 is 2.47 bits per heavy atom. The summed E-state index contributed by atoms with van der Waals surface area (Å²) in [4.78, 5) is 26.5. The van der Waals surface area contributed by atoms with Crippen LogP contribution in [0, 0.1) is 5.82 Å². The Morgan fingerprint density at radius 1 is 0.967 bits per heavy atom. The molecular formula is C23H21ClFN3O2. The predicted molar refractivity (Wildman–Crippen MR) is 117 cm³/mol. The Kier molecular flexibility index (Phi) is 7.03. The highest BCUT2D eigenvalue weighted by molar-refractivity contribution is 6.31. The SMILES string of the molecule is CN(Cc1ccccc1)C(=O)c1cccc(NCC(=O)Nc2ccc(F)c(Cl)c2)c1. The van der Waals surface area contributed by atoms with Crippen LogP contribution in [0.1, 0.15) is 15.9 Å². The molecule has 3 aromatic carbocycles. The van der Waals surface area contributed by atoms with Crippen LogP contribution in [0.25, 0.3) is 0 Å². The topological polar surface area (TPSA) is 61.4 Å². The summed E-state index contributed by atoms with van der Waals surface area (Å²) in [6, 6.07) is 20.7. The van der Waals surface area contributed by atoms with Crippen molar-refractivity contribution in [1.82, 2.24) is 4.90 Å². The maximum atomic E-state index is 13.2. The molecule has 5 nitrogen and oxygen atoms in total. The monoisotopic (exact) mass is 425 g/mol. The molecule has 0 spiro atoms. The van der Waals surface area contributed by atoms with Crippen LogP contribution in [0.3, 0.4) is 0 Å².